The maximum Gasteiger partial charge on any atom is 0.331 e. The van der Waals surface area contributed by atoms with Crippen molar-refractivity contribution in [3.05, 3.63) is 29.1 Å². The van der Waals surface area contributed by atoms with Crippen LogP contribution >= 0.6 is 0 Å². The molecule has 142 valence electrons. The molecular formula is C21H30N2O3. The van der Waals surface area contributed by atoms with Crippen molar-refractivity contribution in [1.29, 1.82) is 0 Å². The predicted octanol–water partition coefficient (Wildman–Crippen LogP) is 3.83. The Bertz CT molecular complexity index is 694. The fourth-order valence-electron chi connectivity index (χ4n) is 3.86. The van der Waals surface area contributed by atoms with Crippen molar-refractivity contribution in [2.24, 2.45) is 0 Å². The van der Waals surface area contributed by atoms with Crippen LogP contribution in [-0.4, -0.2) is 28.6 Å². The first-order chi connectivity index (χ1) is 12.5. The van der Waals surface area contributed by atoms with E-state index >= 15 is 0 Å². The van der Waals surface area contributed by atoms with Crippen molar-refractivity contribution < 1.29 is 14.3 Å². The molecule has 0 aromatic carbocycles. The van der Waals surface area contributed by atoms with Crippen molar-refractivity contribution >= 4 is 18.0 Å². The molecule has 5 heteroatoms. The molecule has 2 aliphatic rings. The number of nitrogens with one attached hydrogen (secondary N) is 1. The van der Waals surface area contributed by atoms with Crippen LogP contribution in [0.1, 0.15) is 74.9 Å². The summed E-state index contributed by atoms with van der Waals surface area (Å²) in [5.74, 6) is -0.682. The number of rotatable bonds is 6. The third-order valence-electron chi connectivity index (χ3n) is 5.45. The Labute approximate surface area is 155 Å². The van der Waals surface area contributed by atoms with Gasteiger partial charge in [-0.3, -0.25) is 4.79 Å². The van der Waals surface area contributed by atoms with E-state index in [1.54, 1.807) is 13.0 Å². The Morgan fingerprint density at radius 3 is 2.54 bits per heavy atom. The molecule has 0 bridgehead atoms. The van der Waals surface area contributed by atoms with Gasteiger partial charge in [-0.15, -0.1) is 0 Å². The fourth-order valence-corrected chi connectivity index (χ4v) is 3.86. The number of ether oxygens (including phenoxy) is 1. The van der Waals surface area contributed by atoms with Crippen LogP contribution in [0, 0.1) is 13.8 Å². The number of aromatic nitrogens is 1. The minimum absolute atomic E-state index is 0.203. The predicted molar refractivity (Wildman–Crippen MR) is 102 cm³/mol. The zero-order valence-electron chi connectivity index (χ0n) is 16.1. The molecule has 0 aliphatic heterocycles. The first kappa shape index (κ1) is 18.7. The highest BCUT2D eigenvalue weighted by Crippen LogP contribution is 2.38. The highest BCUT2D eigenvalue weighted by atomic mass is 16.5. The number of amides is 1. The maximum absolute atomic E-state index is 12.2. The Morgan fingerprint density at radius 2 is 1.88 bits per heavy atom. The number of hydrogen-bond acceptors (Lipinski definition) is 3. The maximum atomic E-state index is 12.2. The second-order valence-electron chi connectivity index (χ2n) is 7.68. The first-order valence-corrected chi connectivity index (χ1v) is 9.83. The van der Waals surface area contributed by atoms with Gasteiger partial charge in [0.2, 0.25) is 0 Å². The number of carbonyl (C=O) groups is 2. The van der Waals surface area contributed by atoms with Crippen LogP contribution in [0.25, 0.3) is 6.08 Å². The molecule has 0 unspecified atom stereocenters. The van der Waals surface area contributed by atoms with Gasteiger partial charge in [-0.05, 0) is 64.2 Å². The van der Waals surface area contributed by atoms with Crippen molar-refractivity contribution in [2.75, 3.05) is 0 Å². The normalized spacial score (nSPS) is 19.5. The van der Waals surface area contributed by atoms with Gasteiger partial charge in [0.05, 0.1) is 0 Å². The number of aryl methyl sites for hydroxylation is 1. The van der Waals surface area contributed by atoms with E-state index in [1.807, 2.05) is 0 Å². The van der Waals surface area contributed by atoms with Gasteiger partial charge in [-0.25, -0.2) is 4.79 Å². The van der Waals surface area contributed by atoms with E-state index in [9.17, 15) is 9.59 Å². The molecule has 1 heterocycles. The van der Waals surface area contributed by atoms with Crippen LogP contribution in [0.5, 0.6) is 0 Å². The lowest BCUT2D eigenvalue weighted by Gasteiger charge is -2.24. The quantitative estimate of drug-likeness (QED) is 0.621. The van der Waals surface area contributed by atoms with E-state index in [0.29, 0.717) is 6.04 Å². The van der Waals surface area contributed by atoms with Gasteiger partial charge in [0.15, 0.2) is 6.10 Å². The molecule has 0 spiro atoms. The molecule has 2 fully saturated rings. The van der Waals surface area contributed by atoms with E-state index in [0.717, 1.165) is 31.2 Å². The number of nitrogens with zero attached hydrogens (tertiary/aromatic N) is 1. The smallest absolute Gasteiger partial charge is 0.331 e. The summed E-state index contributed by atoms with van der Waals surface area (Å²) >= 11 is 0. The van der Waals surface area contributed by atoms with Gasteiger partial charge in [0.25, 0.3) is 5.91 Å². The SMILES string of the molecule is Cc1cc(/C=C/C(=O)O[C@@H](C)C(=O)NC2CCCCC2)c(C)n1C1CC1. The van der Waals surface area contributed by atoms with Crippen LogP contribution in [0.15, 0.2) is 12.1 Å². The van der Waals surface area contributed by atoms with E-state index in [4.69, 9.17) is 4.74 Å². The van der Waals surface area contributed by atoms with Crippen molar-refractivity contribution in [3.8, 4) is 0 Å². The molecule has 2 aliphatic carbocycles. The van der Waals surface area contributed by atoms with Crippen LogP contribution in [0.4, 0.5) is 0 Å². The fraction of sp³-hybridized carbons (Fsp3) is 0.619. The summed E-state index contributed by atoms with van der Waals surface area (Å²) in [6.07, 6.45) is 10.5. The first-order valence-electron chi connectivity index (χ1n) is 9.83. The number of esters is 1. The summed E-state index contributed by atoms with van der Waals surface area (Å²) in [7, 11) is 0. The van der Waals surface area contributed by atoms with Gasteiger partial charge < -0.3 is 14.6 Å². The Morgan fingerprint density at radius 1 is 1.19 bits per heavy atom. The highest BCUT2D eigenvalue weighted by molar-refractivity contribution is 5.90. The van der Waals surface area contributed by atoms with E-state index in [1.165, 1.54) is 36.7 Å². The number of hydrogen-bond donors (Lipinski definition) is 1. The number of carbonyl (C=O) groups excluding carboxylic acids is 2. The van der Waals surface area contributed by atoms with Gasteiger partial charge in [-0.2, -0.15) is 0 Å². The monoisotopic (exact) mass is 358 g/mol. The molecule has 1 aromatic heterocycles. The largest absolute Gasteiger partial charge is 0.449 e. The topological polar surface area (TPSA) is 60.3 Å². The Hall–Kier alpha value is -2.04. The summed E-state index contributed by atoms with van der Waals surface area (Å²) in [6.45, 7) is 5.80. The average Bonchev–Trinajstić information content (AvgIpc) is 3.40. The van der Waals surface area contributed by atoms with Crippen LogP contribution in [0.2, 0.25) is 0 Å². The van der Waals surface area contributed by atoms with Crippen LogP contribution in [-0.2, 0) is 14.3 Å². The summed E-state index contributed by atoms with van der Waals surface area (Å²) in [6, 6.07) is 2.93. The zero-order chi connectivity index (χ0) is 18.7. The molecule has 2 saturated carbocycles. The van der Waals surface area contributed by atoms with Crippen molar-refractivity contribution in [1.82, 2.24) is 9.88 Å². The summed E-state index contributed by atoms with van der Waals surface area (Å²) in [5, 5.41) is 2.99. The molecular weight excluding hydrogens is 328 g/mol. The lowest BCUT2D eigenvalue weighted by molar-refractivity contribution is -0.150. The lowest BCUT2D eigenvalue weighted by Crippen LogP contribution is -2.42. The van der Waals surface area contributed by atoms with E-state index in [2.05, 4.69) is 29.8 Å². The van der Waals surface area contributed by atoms with E-state index < -0.39 is 12.1 Å². The zero-order valence-corrected chi connectivity index (χ0v) is 16.1. The molecule has 0 saturated heterocycles. The van der Waals surface area contributed by atoms with Crippen molar-refractivity contribution in [2.45, 2.75) is 83.9 Å². The van der Waals surface area contributed by atoms with Gasteiger partial charge >= 0.3 is 5.97 Å². The minimum Gasteiger partial charge on any atom is -0.449 e. The van der Waals surface area contributed by atoms with Gasteiger partial charge in [0, 0.05) is 29.5 Å². The van der Waals surface area contributed by atoms with E-state index in [-0.39, 0.29) is 11.9 Å². The summed E-state index contributed by atoms with van der Waals surface area (Å²) < 4.78 is 7.61. The minimum atomic E-state index is -0.770. The van der Waals surface area contributed by atoms with Crippen molar-refractivity contribution in [3.63, 3.8) is 0 Å². The Balaban J connectivity index is 1.52. The second kappa shape index (κ2) is 8.11. The van der Waals surface area contributed by atoms with Crippen LogP contribution < -0.4 is 5.32 Å². The van der Waals surface area contributed by atoms with Crippen LogP contribution in [0.3, 0.4) is 0 Å². The second-order valence-corrected chi connectivity index (χ2v) is 7.68. The Kier molecular flexibility index (Phi) is 5.84. The van der Waals surface area contributed by atoms with Gasteiger partial charge in [-0.1, -0.05) is 19.3 Å². The molecule has 26 heavy (non-hydrogen) atoms. The molecule has 3 rings (SSSR count). The standard InChI is InChI=1S/C21H30N2O3/c1-14-13-17(15(2)23(14)19-10-11-19)9-12-20(24)26-16(3)21(25)22-18-7-5-4-6-8-18/h9,12-13,16,18-19H,4-8,10-11H2,1-3H3,(H,22,25)/b12-9+/t16-/m0/s1. The summed E-state index contributed by atoms with van der Waals surface area (Å²) in [5.41, 5.74) is 3.43. The summed E-state index contributed by atoms with van der Waals surface area (Å²) in [4.78, 5) is 24.3. The molecule has 1 aromatic rings. The molecule has 0 radical (unpaired) electrons. The molecule has 1 atom stereocenters. The highest BCUT2D eigenvalue weighted by Gasteiger charge is 2.26. The molecule has 1 amide bonds. The molecule has 5 nitrogen and oxygen atoms in total. The average molecular weight is 358 g/mol. The lowest BCUT2D eigenvalue weighted by atomic mass is 9.95. The third kappa shape index (κ3) is 4.57. The molecule has 1 N–H and O–H groups in total. The third-order valence-corrected chi connectivity index (χ3v) is 5.45. The van der Waals surface area contributed by atoms with Gasteiger partial charge in [0.1, 0.15) is 0 Å².